The van der Waals surface area contributed by atoms with Crippen molar-refractivity contribution in [1.82, 2.24) is 19.6 Å². The summed E-state index contributed by atoms with van der Waals surface area (Å²) in [6.45, 7) is 5.05. The Kier molecular flexibility index (Phi) is 4.07. The predicted molar refractivity (Wildman–Crippen MR) is 108 cm³/mol. The van der Waals surface area contributed by atoms with Crippen LogP contribution in [0, 0.1) is 5.82 Å². The van der Waals surface area contributed by atoms with Crippen LogP contribution in [-0.4, -0.2) is 45.8 Å². The van der Waals surface area contributed by atoms with E-state index in [1.54, 1.807) is 6.07 Å². The molecule has 7 heteroatoms. The summed E-state index contributed by atoms with van der Waals surface area (Å²) in [6, 6.07) is 15.0. The van der Waals surface area contributed by atoms with Crippen molar-refractivity contribution < 1.29 is 4.39 Å². The van der Waals surface area contributed by atoms with Crippen LogP contribution in [0.5, 0.6) is 0 Å². The summed E-state index contributed by atoms with van der Waals surface area (Å²) >= 11 is 0. The van der Waals surface area contributed by atoms with Crippen LogP contribution in [0.25, 0.3) is 16.7 Å². The quantitative estimate of drug-likeness (QED) is 0.549. The van der Waals surface area contributed by atoms with Gasteiger partial charge in [0.25, 0.3) is 0 Å². The molecule has 0 spiro atoms. The van der Waals surface area contributed by atoms with Gasteiger partial charge in [0.1, 0.15) is 11.6 Å². The molecule has 2 aromatic heterocycles. The van der Waals surface area contributed by atoms with E-state index < -0.39 is 0 Å². The van der Waals surface area contributed by atoms with E-state index in [1.807, 2.05) is 30.3 Å². The van der Waals surface area contributed by atoms with Gasteiger partial charge >= 0.3 is 0 Å². The maximum Gasteiger partial charge on any atom is 0.204 e. The highest BCUT2D eigenvalue weighted by molar-refractivity contribution is 5.83. The maximum atomic E-state index is 14.1. The van der Waals surface area contributed by atoms with E-state index in [0.717, 1.165) is 60.9 Å². The number of nitrogens with zero attached hydrogens (tertiary/aromatic N) is 6. The second-order valence-corrected chi connectivity index (χ2v) is 6.98. The van der Waals surface area contributed by atoms with Crippen molar-refractivity contribution in [2.24, 2.45) is 0 Å². The van der Waals surface area contributed by atoms with Gasteiger partial charge in [0, 0.05) is 32.6 Å². The first kappa shape index (κ1) is 16.9. The van der Waals surface area contributed by atoms with E-state index in [2.05, 4.69) is 37.4 Å². The van der Waals surface area contributed by atoms with Gasteiger partial charge in [-0.1, -0.05) is 31.2 Å². The molecule has 2 aromatic carbocycles. The minimum absolute atomic E-state index is 0.174. The van der Waals surface area contributed by atoms with Crippen LogP contribution in [0.2, 0.25) is 0 Å². The molecule has 142 valence electrons. The molecule has 1 aliphatic rings. The molecule has 28 heavy (non-hydrogen) atoms. The number of benzene rings is 2. The minimum atomic E-state index is -0.174. The monoisotopic (exact) mass is 376 g/mol. The first-order valence-electron chi connectivity index (χ1n) is 9.63. The molecule has 0 N–H and O–H groups in total. The van der Waals surface area contributed by atoms with Gasteiger partial charge in [0.15, 0.2) is 5.82 Å². The highest BCUT2D eigenvalue weighted by Gasteiger charge is 2.24. The molecule has 0 atom stereocenters. The molecule has 1 aliphatic heterocycles. The van der Waals surface area contributed by atoms with Crippen LogP contribution in [0.3, 0.4) is 0 Å². The number of piperazine rings is 1. The topological polar surface area (TPSA) is 49.6 Å². The zero-order chi connectivity index (χ0) is 19.1. The van der Waals surface area contributed by atoms with Gasteiger partial charge in [-0.05, 0) is 24.3 Å². The van der Waals surface area contributed by atoms with Gasteiger partial charge in [0.05, 0.1) is 16.7 Å². The largest absolute Gasteiger partial charge is 0.366 e. The lowest BCUT2D eigenvalue weighted by Crippen LogP contribution is -2.47. The van der Waals surface area contributed by atoms with E-state index in [9.17, 15) is 4.39 Å². The fourth-order valence-electron chi connectivity index (χ4n) is 3.93. The van der Waals surface area contributed by atoms with Crippen molar-refractivity contribution >= 4 is 28.2 Å². The molecular weight excluding hydrogens is 355 g/mol. The lowest BCUT2D eigenvalue weighted by Gasteiger charge is -2.36. The average molecular weight is 376 g/mol. The molecule has 5 rings (SSSR count). The summed E-state index contributed by atoms with van der Waals surface area (Å²) in [6.07, 6.45) is 0.801. The molecule has 0 saturated carbocycles. The van der Waals surface area contributed by atoms with Crippen LogP contribution in [0.4, 0.5) is 15.9 Å². The van der Waals surface area contributed by atoms with Gasteiger partial charge < -0.3 is 9.80 Å². The molecule has 0 amide bonds. The number of hydrogen-bond donors (Lipinski definition) is 0. The van der Waals surface area contributed by atoms with Gasteiger partial charge in [-0.2, -0.15) is 0 Å². The number of aromatic nitrogens is 4. The highest BCUT2D eigenvalue weighted by atomic mass is 19.1. The fraction of sp³-hybridized carbons (Fsp3) is 0.286. The van der Waals surface area contributed by atoms with Crippen LogP contribution >= 0.6 is 0 Å². The van der Waals surface area contributed by atoms with Crippen LogP contribution in [0.15, 0.2) is 48.5 Å². The van der Waals surface area contributed by atoms with Crippen molar-refractivity contribution in [3.63, 3.8) is 0 Å². The summed E-state index contributed by atoms with van der Waals surface area (Å²) < 4.78 is 16.2. The highest BCUT2D eigenvalue weighted by Crippen LogP contribution is 2.27. The number of fused-ring (bicyclic) bond motifs is 3. The Hall–Kier alpha value is -3.22. The number of anilines is 2. The standard InChI is InChI=1S/C21H21FN6/c1-2-19-24-25-21-20(23-16-8-4-6-10-18(16)28(19)21)27-13-11-26(12-14-27)17-9-5-3-7-15(17)22/h3-10H,2,11-14H2,1H3. The predicted octanol–water partition coefficient (Wildman–Crippen LogP) is 3.31. The second kappa shape index (κ2) is 6.74. The summed E-state index contributed by atoms with van der Waals surface area (Å²) in [4.78, 5) is 9.22. The molecule has 0 unspecified atom stereocenters. The Labute approximate surface area is 162 Å². The Morgan fingerprint density at radius 2 is 1.61 bits per heavy atom. The van der Waals surface area contributed by atoms with E-state index in [0.29, 0.717) is 5.69 Å². The molecule has 0 aliphatic carbocycles. The average Bonchev–Trinajstić information content (AvgIpc) is 3.18. The third kappa shape index (κ3) is 2.66. The number of para-hydroxylation sites is 3. The van der Waals surface area contributed by atoms with Gasteiger partial charge in [-0.15, -0.1) is 10.2 Å². The number of rotatable bonds is 3. The van der Waals surface area contributed by atoms with Crippen molar-refractivity contribution in [1.29, 1.82) is 0 Å². The van der Waals surface area contributed by atoms with E-state index >= 15 is 0 Å². The normalized spacial score (nSPS) is 14.9. The van der Waals surface area contributed by atoms with Gasteiger partial charge in [-0.3, -0.25) is 4.40 Å². The zero-order valence-electron chi connectivity index (χ0n) is 15.7. The summed E-state index contributed by atoms with van der Waals surface area (Å²) in [5, 5.41) is 8.82. The van der Waals surface area contributed by atoms with Crippen LogP contribution < -0.4 is 9.80 Å². The van der Waals surface area contributed by atoms with E-state index in [-0.39, 0.29) is 5.82 Å². The third-order valence-corrected chi connectivity index (χ3v) is 5.37. The lowest BCUT2D eigenvalue weighted by molar-refractivity contribution is 0.596. The van der Waals surface area contributed by atoms with Crippen LogP contribution in [0.1, 0.15) is 12.7 Å². The fourth-order valence-corrected chi connectivity index (χ4v) is 3.93. The zero-order valence-corrected chi connectivity index (χ0v) is 15.7. The summed E-state index contributed by atoms with van der Waals surface area (Å²) in [7, 11) is 0. The maximum absolute atomic E-state index is 14.1. The van der Waals surface area contributed by atoms with Crippen molar-refractivity contribution in [2.75, 3.05) is 36.0 Å². The molecule has 0 bridgehead atoms. The summed E-state index contributed by atoms with van der Waals surface area (Å²) in [5.41, 5.74) is 3.40. The molecule has 4 aromatic rings. The Morgan fingerprint density at radius 1 is 0.893 bits per heavy atom. The molecular formula is C21H21FN6. The van der Waals surface area contributed by atoms with Crippen molar-refractivity contribution in [3.8, 4) is 0 Å². The molecule has 1 saturated heterocycles. The Balaban J connectivity index is 1.52. The SMILES string of the molecule is CCc1nnc2c(N3CCN(c4ccccc4F)CC3)nc3ccccc3n12. The lowest BCUT2D eigenvalue weighted by atomic mass is 10.2. The third-order valence-electron chi connectivity index (χ3n) is 5.37. The first-order valence-corrected chi connectivity index (χ1v) is 9.63. The Bertz CT molecular complexity index is 1150. The number of aryl methyl sites for hydroxylation is 1. The smallest absolute Gasteiger partial charge is 0.204 e. The van der Waals surface area contributed by atoms with Crippen molar-refractivity contribution in [3.05, 3.63) is 60.2 Å². The first-order chi connectivity index (χ1) is 13.8. The van der Waals surface area contributed by atoms with E-state index in [4.69, 9.17) is 4.98 Å². The number of halogens is 1. The molecule has 3 heterocycles. The Morgan fingerprint density at radius 3 is 2.39 bits per heavy atom. The van der Waals surface area contributed by atoms with Gasteiger partial charge in [-0.25, -0.2) is 9.37 Å². The molecule has 0 radical (unpaired) electrons. The second-order valence-electron chi connectivity index (χ2n) is 6.98. The van der Waals surface area contributed by atoms with Gasteiger partial charge in [0.2, 0.25) is 5.65 Å². The van der Waals surface area contributed by atoms with E-state index in [1.165, 1.54) is 6.07 Å². The van der Waals surface area contributed by atoms with Crippen LogP contribution in [-0.2, 0) is 6.42 Å². The van der Waals surface area contributed by atoms with Crippen molar-refractivity contribution in [2.45, 2.75) is 13.3 Å². The molecule has 1 fully saturated rings. The molecule has 6 nitrogen and oxygen atoms in total. The summed E-state index contributed by atoms with van der Waals surface area (Å²) in [5.74, 6) is 1.60. The minimum Gasteiger partial charge on any atom is -0.366 e. The number of hydrogen-bond acceptors (Lipinski definition) is 5.